The molecule has 192 valence electrons. The number of aliphatic carboxylic acids is 1. The molecule has 0 aliphatic rings. The van der Waals surface area contributed by atoms with E-state index >= 15 is 0 Å². The first-order chi connectivity index (χ1) is 15.5. The zero-order valence-electron chi connectivity index (χ0n) is 22.7. The molecule has 2 nitrogen and oxygen atoms in total. The van der Waals surface area contributed by atoms with E-state index in [2.05, 4.69) is 27.7 Å². The fourth-order valence-electron chi connectivity index (χ4n) is 5.46. The van der Waals surface area contributed by atoms with E-state index in [-0.39, 0.29) is 0 Å². The number of hydrogen-bond donors (Lipinski definition) is 1. The smallest absolute Gasteiger partial charge is 0.309 e. The molecule has 0 aromatic heterocycles. The molecular formula is C30H60O2. The number of carboxylic acid groups (broad SMARTS) is 1. The molecular weight excluding hydrogens is 392 g/mol. The second-order valence-electron chi connectivity index (χ2n) is 10.8. The molecule has 0 saturated heterocycles. The van der Waals surface area contributed by atoms with Crippen molar-refractivity contribution in [1.29, 1.82) is 0 Å². The topological polar surface area (TPSA) is 37.3 Å². The van der Waals surface area contributed by atoms with Crippen molar-refractivity contribution < 1.29 is 9.90 Å². The minimum atomic E-state index is -0.530. The molecule has 2 heteroatoms. The van der Waals surface area contributed by atoms with Gasteiger partial charge in [-0.1, -0.05) is 156 Å². The fourth-order valence-corrected chi connectivity index (χ4v) is 5.46. The number of hydrogen-bond acceptors (Lipinski definition) is 1. The van der Waals surface area contributed by atoms with Gasteiger partial charge in [-0.05, 0) is 25.2 Å². The van der Waals surface area contributed by atoms with Gasteiger partial charge in [0.1, 0.15) is 0 Å². The standard InChI is InChI=1S/C30H60O2/c1-5-8-10-12-14-16-17-18-20-22-24-28(4)27-30(25-7-3,29(31)32)26-23-21-19-15-13-11-9-6-2/h28H,5-27H2,1-4H3,(H,31,32). The summed E-state index contributed by atoms with van der Waals surface area (Å²) in [6, 6.07) is 0. The van der Waals surface area contributed by atoms with Crippen LogP contribution in [0.1, 0.15) is 175 Å². The third-order valence-corrected chi connectivity index (χ3v) is 7.48. The maximum absolute atomic E-state index is 12.3. The molecule has 1 N–H and O–H groups in total. The van der Waals surface area contributed by atoms with E-state index in [1.165, 1.54) is 116 Å². The van der Waals surface area contributed by atoms with Crippen LogP contribution in [-0.4, -0.2) is 11.1 Å². The van der Waals surface area contributed by atoms with Crippen LogP contribution in [0.15, 0.2) is 0 Å². The Bertz CT molecular complexity index is 406. The molecule has 0 fully saturated rings. The van der Waals surface area contributed by atoms with Crippen molar-refractivity contribution in [1.82, 2.24) is 0 Å². The first kappa shape index (κ1) is 31.5. The third-order valence-electron chi connectivity index (χ3n) is 7.48. The van der Waals surface area contributed by atoms with Crippen LogP contribution in [-0.2, 0) is 4.79 Å². The summed E-state index contributed by atoms with van der Waals surface area (Å²) >= 11 is 0. The summed E-state index contributed by atoms with van der Waals surface area (Å²) in [4.78, 5) is 12.3. The van der Waals surface area contributed by atoms with E-state index in [1.807, 2.05) is 0 Å². The van der Waals surface area contributed by atoms with E-state index in [0.717, 1.165) is 32.1 Å². The summed E-state index contributed by atoms with van der Waals surface area (Å²) in [5, 5.41) is 10.1. The average molecular weight is 453 g/mol. The van der Waals surface area contributed by atoms with Crippen LogP contribution in [0.2, 0.25) is 0 Å². The van der Waals surface area contributed by atoms with Crippen molar-refractivity contribution in [2.75, 3.05) is 0 Å². The van der Waals surface area contributed by atoms with E-state index in [9.17, 15) is 9.90 Å². The highest BCUT2D eigenvalue weighted by molar-refractivity contribution is 5.74. The van der Waals surface area contributed by atoms with Crippen molar-refractivity contribution in [3.63, 3.8) is 0 Å². The highest BCUT2D eigenvalue weighted by Gasteiger charge is 2.38. The van der Waals surface area contributed by atoms with Gasteiger partial charge in [0.25, 0.3) is 0 Å². The molecule has 0 aliphatic heterocycles. The number of rotatable bonds is 25. The molecule has 0 rings (SSSR count). The Morgan fingerprint density at radius 2 is 1.00 bits per heavy atom. The zero-order valence-corrected chi connectivity index (χ0v) is 22.7. The van der Waals surface area contributed by atoms with E-state index in [0.29, 0.717) is 5.92 Å². The van der Waals surface area contributed by atoms with Crippen LogP contribution in [0.25, 0.3) is 0 Å². The van der Waals surface area contributed by atoms with Crippen LogP contribution in [0.4, 0.5) is 0 Å². The van der Waals surface area contributed by atoms with Crippen molar-refractivity contribution in [2.24, 2.45) is 11.3 Å². The van der Waals surface area contributed by atoms with Crippen LogP contribution in [0.5, 0.6) is 0 Å². The summed E-state index contributed by atoms with van der Waals surface area (Å²) < 4.78 is 0. The van der Waals surface area contributed by atoms with Gasteiger partial charge >= 0.3 is 5.97 Å². The van der Waals surface area contributed by atoms with Gasteiger partial charge < -0.3 is 5.11 Å². The molecule has 0 aromatic rings. The normalized spacial score (nSPS) is 14.4. The Balaban J connectivity index is 4.13. The molecule has 0 saturated carbocycles. The minimum absolute atomic E-state index is 0.477. The third kappa shape index (κ3) is 17.0. The number of carbonyl (C=O) groups is 1. The fraction of sp³-hybridized carbons (Fsp3) is 0.967. The van der Waals surface area contributed by atoms with Crippen LogP contribution in [0.3, 0.4) is 0 Å². The lowest BCUT2D eigenvalue weighted by Gasteiger charge is -2.32. The van der Waals surface area contributed by atoms with Gasteiger partial charge in [0.2, 0.25) is 0 Å². The lowest BCUT2D eigenvalue weighted by molar-refractivity contribution is -0.151. The summed E-state index contributed by atoms with van der Waals surface area (Å²) in [7, 11) is 0. The molecule has 0 aromatic carbocycles. The van der Waals surface area contributed by atoms with Gasteiger partial charge in [-0.2, -0.15) is 0 Å². The van der Waals surface area contributed by atoms with Crippen molar-refractivity contribution >= 4 is 5.97 Å². The molecule has 0 aliphatic carbocycles. The first-order valence-electron chi connectivity index (χ1n) is 14.8. The first-order valence-corrected chi connectivity index (χ1v) is 14.8. The van der Waals surface area contributed by atoms with E-state index in [1.54, 1.807) is 0 Å². The molecule has 0 spiro atoms. The van der Waals surface area contributed by atoms with Gasteiger partial charge in [0.05, 0.1) is 5.41 Å². The maximum Gasteiger partial charge on any atom is 0.309 e. The Morgan fingerprint density at radius 1 is 0.594 bits per heavy atom. The highest BCUT2D eigenvalue weighted by atomic mass is 16.4. The van der Waals surface area contributed by atoms with Crippen molar-refractivity contribution in [2.45, 2.75) is 175 Å². The van der Waals surface area contributed by atoms with Crippen LogP contribution < -0.4 is 0 Å². The molecule has 32 heavy (non-hydrogen) atoms. The predicted molar refractivity (Wildman–Crippen MR) is 142 cm³/mol. The molecule has 0 radical (unpaired) electrons. The highest BCUT2D eigenvalue weighted by Crippen LogP contribution is 2.39. The predicted octanol–water partition coefficient (Wildman–Crippen LogP) is 10.7. The molecule has 0 bridgehead atoms. The molecule has 2 atom stereocenters. The second-order valence-corrected chi connectivity index (χ2v) is 10.8. The maximum atomic E-state index is 12.3. The second kappa shape index (κ2) is 22.3. The number of unbranched alkanes of at least 4 members (excludes halogenated alkanes) is 16. The lowest BCUT2D eigenvalue weighted by atomic mass is 9.72. The number of carboxylic acids is 1. The zero-order chi connectivity index (χ0) is 23.9. The lowest BCUT2D eigenvalue weighted by Crippen LogP contribution is -2.33. The average Bonchev–Trinajstić information content (AvgIpc) is 2.76. The van der Waals surface area contributed by atoms with E-state index < -0.39 is 11.4 Å². The minimum Gasteiger partial charge on any atom is -0.481 e. The molecule has 0 amide bonds. The Labute approximate surface area is 202 Å². The van der Waals surface area contributed by atoms with Crippen LogP contribution in [0, 0.1) is 11.3 Å². The molecule has 0 heterocycles. The summed E-state index contributed by atoms with van der Waals surface area (Å²) in [6.45, 7) is 8.99. The largest absolute Gasteiger partial charge is 0.481 e. The molecule has 2 unspecified atom stereocenters. The monoisotopic (exact) mass is 452 g/mol. The van der Waals surface area contributed by atoms with Gasteiger partial charge in [0.15, 0.2) is 0 Å². The summed E-state index contributed by atoms with van der Waals surface area (Å²) in [5.74, 6) is -0.00189. The van der Waals surface area contributed by atoms with Crippen molar-refractivity contribution in [3.05, 3.63) is 0 Å². The SMILES string of the molecule is CCCCCCCCCCCCC(C)CC(CCC)(CCCCCCCCCC)C(=O)O. The van der Waals surface area contributed by atoms with Crippen LogP contribution >= 0.6 is 0 Å². The van der Waals surface area contributed by atoms with Gasteiger partial charge in [-0.25, -0.2) is 0 Å². The Morgan fingerprint density at radius 3 is 1.41 bits per heavy atom. The van der Waals surface area contributed by atoms with Gasteiger partial charge in [-0.15, -0.1) is 0 Å². The quantitative estimate of drug-likeness (QED) is 0.140. The van der Waals surface area contributed by atoms with Crippen molar-refractivity contribution in [3.8, 4) is 0 Å². The van der Waals surface area contributed by atoms with Gasteiger partial charge in [0, 0.05) is 0 Å². The Hall–Kier alpha value is -0.530. The van der Waals surface area contributed by atoms with Gasteiger partial charge in [-0.3, -0.25) is 4.79 Å². The summed E-state index contributed by atoms with van der Waals surface area (Å²) in [5.41, 5.74) is -0.477. The Kier molecular flexibility index (Phi) is 21.9. The summed E-state index contributed by atoms with van der Waals surface area (Å²) in [6.07, 6.45) is 28.8. The van der Waals surface area contributed by atoms with E-state index in [4.69, 9.17) is 0 Å².